The maximum absolute atomic E-state index is 11.2. The van der Waals surface area contributed by atoms with Gasteiger partial charge in [0.1, 0.15) is 5.75 Å². The molecule has 2 heterocycles. The summed E-state index contributed by atoms with van der Waals surface area (Å²) in [5.74, 6) is -0.0506. The van der Waals surface area contributed by atoms with Crippen LogP contribution in [0.25, 0.3) is 10.9 Å². The Labute approximate surface area is 137 Å². The summed E-state index contributed by atoms with van der Waals surface area (Å²) >= 11 is 0. The van der Waals surface area contributed by atoms with Crippen molar-refractivity contribution in [1.82, 2.24) is 4.98 Å². The van der Waals surface area contributed by atoms with E-state index in [4.69, 9.17) is 9.39 Å². The molecule has 0 unspecified atom stereocenters. The van der Waals surface area contributed by atoms with E-state index in [0.717, 1.165) is 11.0 Å². The van der Waals surface area contributed by atoms with Gasteiger partial charge in [-0.1, -0.05) is 12.1 Å². The summed E-state index contributed by atoms with van der Waals surface area (Å²) in [6, 6.07) is 13.5. The van der Waals surface area contributed by atoms with E-state index in [1.165, 1.54) is 0 Å². The van der Waals surface area contributed by atoms with Gasteiger partial charge in [0.15, 0.2) is 0 Å². The minimum absolute atomic E-state index is 0.204. The van der Waals surface area contributed by atoms with Gasteiger partial charge in [-0.15, -0.1) is 0 Å². The smallest absolute Gasteiger partial charge is 0.478 e. The van der Waals surface area contributed by atoms with Crippen molar-refractivity contribution in [2.45, 2.75) is 6.61 Å². The summed E-state index contributed by atoms with van der Waals surface area (Å²) in [6.45, 7) is 0.334. The Morgan fingerprint density at radius 1 is 1.21 bits per heavy atom. The molecule has 7 heteroatoms. The van der Waals surface area contributed by atoms with Crippen molar-refractivity contribution < 1.29 is 24.3 Å². The number of hydrogen-bond acceptors (Lipinski definition) is 5. The molecule has 0 amide bonds. The second kappa shape index (κ2) is 5.63. The molecular formula is C17H12BNO5. The first-order valence-electron chi connectivity index (χ1n) is 7.35. The SMILES string of the molecule is O=C(O)c1cccc2nc(Oc3ccc4c(c3)COB4O)ccc12. The standard InChI is InChI=1S/C17H12BNO5/c20-17(21)13-2-1-3-15-12(13)5-7-16(19-15)24-11-4-6-14-10(8-11)9-23-18(14)22/h1-8,22H,9H2,(H,20,21). The lowest BCUT2D eigenvalue weighted by atomic mass is 9.80. The summed E-state index contributed by atoms with van der Waals surface area (Å²) in [6.07, 6.45) is 0. The first-order chi connectivity index (χ1) is 11.6. The van der Waals surface area contributed by atoms with Gasteiger partial charge in [-0.2, -0.15) is 0 Å². The molecule has 24 heavy (non-hydrogen) atoms. The lowest BCUT2D eigenvalue weighted by molar-refractivity contribution is 0.0699. The molecule has 0 fully saturated rings. The van der Waals surface area contributed by atoms with Gasteiger partial charge in [0, 0.05) is 11.5 Å². The Morgan fingerprint density at radius 3 is 2.92 bits per heavy atom. The van der Waals surface area contributed by atoms with Gasteiger partial charge < -0.3 is 19.5 Å². The number of aromatic carboxylic acids is 1. The first-order valence-corrected chi connectivity index (χ1v) is 7.35. The van der Waals surface area contributed by atoms with Crippen LogP contribution >= 0.6 is 0 Å². The summed E-state index contributed by atoms with van der Waals surface area (Å²) in [4.78, 5) is 15.6. The fourth-order valence-corrected chi connectivity index (χ4v) is 2.77. The second-order valence-electron chi connectivity index (χ2n) is 5.45. The minimum atomic E-state index is -0.992. The van der Waals surface area contributed by atoms with E-state index in [9.17, 15) is 14.9 Å². The highest BCUT2D eigenvalue weighted by atomic mass is 16.5. The number of aromatic nitrogens is 1. The van der Waals surface area contributed by atoms with Gasteiger partial charge in [-0.3, -0.25) is 0 Å². The van der Waals surface area contributed by atoms with Gasteiger partial charge in [-0.05, 0) is 41.4 Å². The van der Waals surface area contributed by atoms with Crippen LogP contribution in [-0.4, -0.2) is 28.2 Å². The Hall–Kier alpha value is -2.90. The number of nitrogens with zero attached hydrogens (tertiary/aromatic N) is 1. The molecule has 2 N–H and O–H groups in total. The number of carboxylic acid groups (broad SMARTS) is 1. The lowest BCUT2D eigenvalue weighted by Crippen LogP contribution is -2.27. The van der Waals surface area contributed by atoms with Crippen LogP contribution in [0.3, 0.4) is 0 Å². The average molecular weight is 321 g/mol. The van der Waals surface area contributed by atoms with Gasteiger partial charge >= 0.3 is 13.1 Å². The van der Waals surface area contributed by atoms with Gasteiger partial charge in [0.05, 0.1) is 17.7 Å². The molecule has 0 radical (unpaired) electrons. The molecule has 4 rings (SSSR count). The topological polar surface area (TPSA) is 88.9 Å². The fourth-order valence-electron chi connectivity index (χ4n) is 2.77. The molecule has 1 aliphatic rings. The van der Waals surface area contributed by atoms with Crippen LogP contribution in [0.1, 0.15) is 15.9 Å². The second-order valence-corrected chi connectivity index (χ2v) is 5.45. The number of benzene rings is 2. The molecule has 0 bridgehead atoms. The molecule has 2 aromatic carbocycles. The third kappa shape index (κ3) is 2.49. The molecule has 6 nitrogen and oxygen atoms in total. The molecular weight excluding hydrogens is 309 g/mol. The van der Waals surface area contributed by atoms with Crippen molar-refractivity contribution in [2.75, 3.05) is 0 Å². The number of carboxylic acids is 1. The first kappa shape index (κ1) is 14.7. The van der Waals surface area contributed by atoms with Crippen LogP contribution in [0.2, 0.25) is 0 Å². The predicted molar refractivity (Wildman–Crippen MR) is 87.6 cm³/mol. The van der Waals surface area contributed by atoms with Crippen molar-refractivity contribution in [3.8, 4) is 11.6 Å². The third-order valence-electron chi connectivity index (χ3n) is 3.94. The summed E-state index contributed by atoms with van der Waals surface area (Å²) < 4.78 is 10.9. The number of ether oxygens (including phenoxy) is 1. The monoisotopic (exact) mass is 321 g/mol. The van der Waals surface area contributed by atoms with Crippen molar-refractivity contribution >= 4 is 29.5 Å². The molecule has 3 aromatic rings. The van der Waals surface area contributed by atoms with E-state index in [1.807, 2.05) is 0 Å². The summed E-state index contributed by atoms with van der Waals surface area (Å²) in [7, 11) is -0.887. The average Bonchev–Trinajstić information content (AvgIpc) is 2.94. The highest BCUT2D eigenvalue weighted by Gasteiger charge is 2.27. The zero-order valence-corrected chi connectivity index (χ0v) is 12.5. The van der Waals surface area contributed by atoms with E-state index in [2.05, 4.69) is 4.98 Å². The van der Waals surface area contributed by atoms with Gasteiger partial charge in [0.25, 0.3) is 0 Å². The van der Waals surface area contributed by atoms with Gasteiger partial charge in [-0.25, -0.2) is 9.78 Å². The van der Waals surface area contributed by atoms with Crippen molar-refractivity contribution in [3.05, 3.63) is 59.7 Å². The van der Waals surface area contributed by atoms with E-state index in [-0.39, 0.29) is 5.56 Å². The molecule has 1 aliphatic heterocycles. The van der Waals surface area contributed by atoms with Crippen LogP contribution in [0.15, 0.2) is 48.5 Å². The molecule has 0 aliphatic carbocycles. The third-order valence-corrected chi connectivity index (χ3v) is 3.94. The number of carbonyl (C=O) groups is 1. The molecule has 0 spiro atoms. The van der Waals surface area contributed by atoms with Crippen molar-refractivity contribution in [3.63, 3.8) is 0 Å². The quantitative estimate of drug-likeness (QED) is 0.717. The van der Waals surface area contributed by atoms with E-state index in [1.54, 1.807) is 48.5 Å². The lowest BCUT2D eigenvalue weighted by Gasteiger charge is -2.08. The highest BCUT2D eigenvalue weighted by molar-refractivity contribution is 6.61. The molecule has 0 saturated heterocycles. The Kier molecular flexibility index (Phi) is 3.44. The maximum Gasteiger partial charge on any atom is 0.491 e. The normalized spacial score (nSPS) is 13.1. The molecule has 1 aromatic heterocycles. The fraction of sp³-hybridized carbons (Fsp3) is 0.0588. The number of rotatable bonds is 3. The van der Waals surface area contributed by atoms with Crippen molar-refractivity contribution in [2.24, 2.45) is 0 Å². The predicted octanol–water partition coefficient (Wildman–Crippen LogP) is 1.94. The van der Waals surface area contributed by atoms with E-state index < -0.39 is 13.1 Å². The summed E-state index contributed by atoms with van der Waals surface area (Å²) in [5.41, 5.74) is 2.36. The number of pyridine rings is 1. The number of fused-ring (bicyclic) bond motifs is 2. The highest BCUT2D eigenvalue weighted by Crippen LogP contribution is 2.25. The maximum atomic E-state index is 11.2. The minimum Gasteiger partial charge on any atom is -0.478 e. The largest absolute Gasteiger partial charge is 0.491 e. The molecule has 0 saturated carbocycles. The Bertz CT molecular complexity index is 959. The van der Waals surface area contributed by atoms with E-state index >= 15 is 0 Å². The van der Waals surface area contributed by atoms with Crippen LogP contribution in [0, 0.1) is 0 Å². The van der Waals surface area contributed by atoms with Crippen LogP contribution in [-0.2, 0) is 11.3 Å². The van der Waals surface area contributed by atoms with Crippen LogP contribution in [0.4, 0.5) is 0 Å². The van der Waals surface area contributed by atoms with Crippen LogP contribution in [0.5, 0.6) is 11.6 Å². The van der Waals surface area contributed by atoms with Crippen molar-refractivity contribution in [1.29, 1.82) is 0 Å². The van der Waals surface area contributed by atoms with Crippen LogP contribution < -0.4 is 10.2 Å². The Balaban J connectivity index is 1.67. The molecule has 0 atom stereocenters. The zero-order chi connectivity index (χ0) is 16.7. The number of hydrogen-bond donors (Lipinski definition) is 2. The Morgan fingerprint density at radius 2 is 2.08 bits per heavy atom. The summed E-state index contributed by atoms with van der Waals surface area (Å²) in [5, 5.41) is 19.4. The van der Waals surface area contributed by atoms with E-state index in [0.29, 0.717) is 29.1 Å². The molecule has 118 valence electrons. The van der Waals surface area contributed by atoms with Gasteiger partial charge in [0.2, 0.25) is 5.88 Å². The zero-order valence-electron chi connectivity index (χ0n) is 12.5.